The number of hydrogen-bond acceptors (Lipinski definition) is 5. The minimum atomic E-state index is -1.36. The molecule has 2 aliphatic carbocycles. The predicted octanol–water partition coefficient (Wildman–Crippen LogP) is 2.44. The van der Waals surface area contributed by atoms with Gasteiger partial charge >= 0.3 is 5.97 Å². The SMILES string of the molecule is CC1(C)CC[C@@H]2OC(=O)[C@@H]3[C@@](C)(O)[C@H](N=N)C=C1[C@]23C. The lowest BCUT2D eigenvalue weighted by atomic mass is 9.49. The predicted molar refractivity (Wildman–Crippen MR) is 72.1 cm³/mol. The van der Waals surface area contributed by atoms with Crippen molar-refractivity contribution in [1.29, 1.82) is 5.53 Å². The highest BCUT2D eigenvalue weighted by Gasteiger charge is 2.69. The minimum absolute atomic E-state index is 0.0586. The fourth-order valence-corrected chi connectivity index (χ4v) is 4.72. The highest BCUT2D eigenvalue weighted by Crippen LogP contribution is 2.63. The quantitative estimate of drug-likeness (QED) is 0.439. The Hall–Kier alpha value is -1.23. The van der Waals surface area contributed by atoms with Gasteiger partial charge in [0.2, 0.25) is 0 Å². The standard InChI is InChI=1S/C15H22N2O3/c1-13(2)6-5-10-14(3)8(13)7-9(17-16)15(4,19)11(14)12(18)20-10/h7,9-11,16,19H,5-6H2,1-4H3/t9-,10+,11+,14-,15+/m1/s1. The van der Waals surface area contributed by atoms with E-state index < -0.39 is 23.0 Å². The van der Waals surface area contributed by atoms with Crippen LogP contribution in [0.5, 0.6) is 0 Å². The van der Waals surface area contributed by atoms with Crippen LogP contribution in [0.25, 0.3) is 0 Å². The van der Waals surface area contributed by atoms with Gasteiger partial charge in [0.15, 0.2) is 0 Å². The van der Waals surface area contributed by atoms with Gasteiger partial charge < -0.3 is 9.84 Å². The van der Waals surface area contributed by atoms with Crippen molar-refractivity contribution in [3.8, 4) is 0 Å². The van der Waals surface area contributed by atoms with Crippen molar-refractivity contribution >= 4 is 5.97 Å². The Balaban J connectivity index is 2.26. The number of aliphatic hydroxyl groups is 1. The highest BCUT2D eigenvalue weighted by atomic mass is 16.6. The molecule has 3 rings (SSSR count). The number of carbonyl (C=O) groups excluding carboxylic acids is 1. The topological polar surface area (TPSA) is 82.7 Å². The summed E-state index contributed by atoms with van der Waals surface area (Å²) in [6.07, 6.45) is 3.49. The first-order valence-corrected chi connectivity index (χ1v) is 7.18. The largest absolute Gasteiger partial charge is 0.461 e. The summed E-state index contributed by atoms with van der Waals surface area (Å²) in [6, 6.07) is -0.681. The molecule has 2 fully saturated rings. The summed E-state index contributed by atoms with van der Waals surface area (Å²) in [4.78, 5) is 12.3. The van der Waals surface area contributed by atoms with Crippen LogP contribution in [0.4, 0.5) is 0 Å². The van der Waals surface area contributed by atoms with Gasteiger partial charge in [0.1, 0.15) is 23.7 Å². The molecule has 5 heteroatoms. The molecule has 0 amide bonds. The number of carbonyl (C=O) groups is 1. The fraction of sp³-hybridized carbons (Fsp3) is 0.800. The lowest BCUT2D eigenvalue weighted by molar-refractivity contribution is -0.151. The summed E-state index contributed by atoms with van der Waals surface area (Å²) in [5, 5.41) is 14.4. The lowest BCUT2D eigenvalue weighted by Crippen LogP contribution is -2.59. The van der Waals surface area contributed by atoms with E-state index in [0.717, 1.165) is 18.4 Å². The van der Waals surface area contributed by atoms with Gasteiger partial charge in [0, 0.05) is 5.41 Å². The Morgan fingerprint density at radius 3 is 2.65 bits per heavy atom. The van der Waals surface area contributed by atoms with Crippen molar-refractivity contribution in [3.05, 3.63) is 11.6 Å². The lowest BCUT2D eigenvalue weighted by Gasteiger charge is -2.54. The third-order valence-corrected chi connectivity index (χ3v) is 5.75. The van der Waals surface area contributed by atoms with Crippen LogP contribution < -0.4 is 0 Å². The van der Waals surface area contributed by atoms with Crippen LogP contribution in [-0.2, 0) is 9.53 Å². The molecule has 5 atom stereocenters. The number of nitrogens with one attached hydrogen (secondary N) is 1. The van der Waals surface area contributed by atoms with Crippen LogP contribution in [0.15, 0.2) is 16.8 Å². The number of hydrogen-bond donors (Lipinski definition) is 2. The Bertz CT molecular complexity index is 523. The smallest absolute Gasteiger partial charge is 0.313 e. The zero-order chi connectivity index (χ0) is 14.9. The Labute approximate surface area is 118 Å². The summed E-state index contributed by atoms with van der Waals surface area (Å²) >= 11 is 0. The molecule has 0 aromatic rings. The maximum Gasteiger partial charge on any atom is 0.313 e. The summed E-state index contributed by atoms with van der Waals surface area (Å²) in [7, 11) is 0. The summed E-state index contributed by atoms with van der Waals surface area (Å²) in [5.41, 5.74) is 6.58. The molecule has 1 saturated carbocycles. The zero-order valence-corrected chi connectivity index (χ0v) is 12.4. The van der Waals surface area contributed by atoms with E-state index in [9.17, 15) is 9.90 Å². The molecule has 0 unspecified atom stereocenters. The van der Waals surface area contributed by atoms with Crippen LogP contribution in [0.1, 0.15) is 40.5 Å². The monoisotopic (exact) mass is 278 g/mol. The molecule has 5 nitrogen and oxygen atoms in total. The number of nitrogens with zero attached hydrogens (tertiary/aromatic N) is 1. The molecule has 1 saturated heterocycles. The molecule has 1 heterocycles. The number of esters is 1. The highest BCUT2D eigenvalue weighted by molar-refractivity contribution is 5.80. The van der Waals surface area contributed by atoms with Gasteiger partial charge in [0.25, 0.3) is 0 Å². The van der Waals surface area contributed by atoms with Crippen LogP contribution in [0.3, 0.4) is 0 Å². The molecule has 0 bridgehead atoms. The van der Waals surface area contributed by atoms with Gasteiger partial charge in [-0.25, -0.2) is 5.53 Å². The third kappa shape index (κ3) is 1.39. The van der Waals surface area contributed by atoms with Gasteiger partial charge in [0.05, 0.1) is 0 Å². The van der Waals surface area contributed by atoms with Gasteiger partial charge in [-0.1, -0.05) is 32.4 Å². The van der Waals surface area contributed by atoms with E-state index in [1.165, 1.54) is 0 Å². The zero-order valence-electron chi connectivity index (χ0n) is 12.4. The maximum absolute atomic E-state index is 12.3. The van der Waals surface area contributed by atoms with Crippen molar-refractivity contribution in [2.45, 2.75) is 58.3 Å². The van der Waals surface area contributed by atoms with Crippen molar-refractivity contribution in [3.63, 3.8) is 0 Å². The number of rotatable bonds is 1. The molecule has 0 radical (unpaired) electrons. The first-order valence-electron chi connectivity index (χ1n) is 7.18. The second kappa shape index (κ2) is 3.70. The van der Waals surface area contributed by atoms with Crippen molar-refractivity contribution in [1.82, 2.24) is 0 Å². The van der Waals surface area contributed by atoms with Crippen LogP contribution in [-0.4, -0.2) is 28.8 Å². The molecule has 0 spiro atoms. The van der Waals surface area contributed by atoms with Crippen molar-refractivity contribution < 1.29 is 14.6 Å². The van der Waals surface area contributed by atoms with Crippen LogP contribution >= 0.6 is 0 Å². The maximum atomic E-state index is 12.3. The molecule has 3 aliphatic rings. The average Bonchev–Trinajstić information content (AvgIpc) is 2.58. The van der Waals surface area contributed by atoms with E-state index in [0.29, 0.717) is 0 Å². The Morgan fingerprint density at radius 1 is 1.40 bits per heavy atom. The molecular formula is C15H22N2O3. The summed E-state index contributed by atoms with van der Waals surface area (Å²) in [6.45, 7) is 7.93. The minimum Gasteiger partial charge on any atom is -0.461 e. The second-order valence-electron chi connectivity index (χ2n) is 7.44. The number of ether oxygens (including phenoxy) is 1. The van der Waals surface area contributed by atoms with E-state index in [4.69, 9.17) is 10.3 Å². The van der Waals surface area contributed by atoms with E-state index in [2.05, 4.69) is 19.0 Å². The van der Waals surface area contributed by atoms with Gasteiger partial charge in [-0.3, -0.25) is 4.79 Å². The normalized spacial score (nSPS) is 49.1. The molecule has 2 N–H and O–H groups in total. The van der Waals surface area contributed by atoms with E-state index in [-0.39, 0.29) is 17.5 Å². The van der Waals surface area contributed by atoms with E-state index in [1.807, 2.05) is 13.0 Å². The molecule has 110 valence electrons. The fourth-order valence-electron chi connectivity index (χ4n) is 4.72. The molecule has 1 aliphatic heterocycles. The molecular weight excluding hydrogens is 256 g/mol. The third-order valence-electron chi connectivity index (χ3n) is 5.75. The van der Waals surface area contributed by atoms with Crippen LogP contribution in [0, 0.1) is 22.3 Å². The summed E-state index contributed by atoms with van der Waals surface area (Å²) < 4.78 is 5.56. The molecule has 20 heavy (non-hydrogen) atoms. The van der Waals surface area contributed by atoms with E-state index in [1.54, 1.807) is 6.92 Å². The molecule has 0 aromatic carbocycles. The van der Waals surface area contributed by atoms with Gasteiger partial charge in [-0.15, -0.1) is 0 Å². The van der Waals surface area contributed by atoms with Gasteiger partial charge in [-0.2, -0.15) is 5.11 Å². The van der Waals surface area contributed by atoms with Crippen LogP contribution in [0.2, 0.25) is 0 Å². The Morgan fingerprint density at radius 2 is 2.05 bits per heavy atom. The van der Waals surface area contributed by atoms with Crippen molar-refractivity contribution in [2.24, 2.45) is 21.9 Å². The molecule has 0 aromatic heterocycles. The van der Waals surface area contributed by atoms with E-state index >= 15 is 0 Å². The first-order chi connectivity index (χ1) is 9.15. The van der Waals surface area contributed by atoms with Crippen molar-refractivity contribution in [2.75, 3.05) is 0 Å². The first kappa shape index (κ1) is 13.7. The summed E-state index contributed by atoms with van der Waals surface area (Å²) in [5.74, 6) is -0.988. The Kier molecular flexibility index (Phi) is 2.54. The van der Waals surface area contributed by atoms with Gasteiger partial charge in [-0.05, 0) is 25.2 Å². The second-order valence-corrected chi connectivity index (χ2v) is 7.44. The average molecular weight is 278 g/mol.